The van der Waals surface area contributed by atoms with Gasteiger partial charge in [-0.1, -0.05) is 48.2 Å². The molecule has 1 fully saturated rings. The fourth-order valence-corrected chi connectivity index (χ4v) is 4.24. The summed E-state index contributed by atoms with van der Waals surface area (Å²) in [6.07, 6.45) is 3.43. The molecule has 2 aromatic carbocycles. The fourth-order valence-electron chi connectivity index (χ4n) is 3.30. The van der Waals surface area contributed by atoms with Gasteiger partial charge in [0.25, 0.3) is 0 Å². The minimum atomic E-state index is 0.189. The summed E-state index contributed by atoms with van der Waals surface area (Å²) in [7, 11) is 0. The van der Waals surface area contributed by atoms with E-state index in [1.54, 1.807) is 0 Å². The molecule has 6 heteroatoms. The molecule has 0 aliphatic carbocycles. The van der Waals surface area contributed by atoms with Crippen molar-refractivity contribution in [1.29, 1.82) is 0 Å². The van der Waals surface area contributed by atoms with Crippen LogP contribution >= 0.6 is 11.8 Å². The van der Waals surface area contributed by atoms with Gasteiger partial charge in [-0.3, -0.25) is 4.79 Å². The Morgan fingerprint density at radius 2 is 1.71 bits per heavy atom. The van der Waals surface area contributed by atoms with Crippen molar-refractivity contribution in [2.45, 2.75) is 30.9 Å². The fraction of sp³-hybridized carbons (Fsp3) is 0.318. The molecule has 4 rings (SSSR count). The number of carbonyl (C=O) groups excluding carboxylic acids is 1. The summed E-state index contributed by atoms with van der Waals surface area (Å²) >= 11 is 1.49. The topological polar surface area (TPSA) is 55.3 Å². The number of para-hydroxylation sites is 2. The summed E-state index contributed by atoms with van der Waals surface area (Å²) in [6.45, 7) is 2.04. The maximum Gasteiger partial charge on any atom is 0.232 e. The van der Waals surface area contributed by atoms with Crippen LogP contribution in [-0.2, 0) is 11.4 Å². The van der Waals surface area contributed by atoms with Gasteiger partial charge in [-0.2, -0.15) is 0 Å². The number of likely N-dealkylation sites (tertiary alicyclic amines) is 1. The van der Waals surface area contributed by atoms with Crippen LogP contribution in [0.4, 0.5) is 0 Å². The van der Waals surface area contributed by atoms with Crippen LogP contribution in [-0.4, -0.2) is 39.6 Å². The van der Waals surface area contributed by atoms with Gasteiger partial charge in [0.15, 0.2) is 5.82 Å². The van der Waals surface area contributed by atoms with E-state index in [4.69, 9.17) is 4.74 Å². The zero-order valence-corrected chi connectivity index (χ0v) is 16.5. The molecule has 1 saturated heterocycles. The molecule has 5 nitrogen and oxygen atoms in total. The molecule has 0 unspecified atom stereocenters. The summed E-state index contributed by atoms with van der Waals surface area (Å²) < 4.78 is 5.81. The third-order valence-corrected chi connectivity index (χ3v) is 5.74. The van der Waals surface area contributed by atoms with Gasteiger partial charge < -0.3 is 9.64 Å². The van der Waals surface area contributed by atoms with Crippen molar-refractivity contribution in [2.75, 3.05) is 18.8 Å². The average molecular weight is 394 g/mol. The second-order valence-corrected chi connectivity index (χ2v) is 7.76. The van der Waals surface area contributed by atoms with Crippen LogP contribution in [0.5, 0.6) is 5.75 Å². The van der Waals surface area contributed by atoms with E-state index in [0.29, 0.717) is 18.2 Å². The lowest BCUT2D eigenvalue weighted by Gasteiger charge is -2.26. The van der Waals surface area contributed by atoms with Crippen LogP contribution < -0.4 is 4.74 Å². The van der Waals surface area contributed by atoms with E-state index in [0.717, 1.165) is 47.6 Å². The normalized spacial score (nSPS) is 14.2. The number of benzene rings is 2. The number of fused-ring (bicyclic) bond motifs is 1. The maximum atomic E-state index is 12.5. The van der Waals surface area contributed by atoms with Gasteiger partial charge in [0.05, 0.1) is 11.3 Å². The summed E-state index contributed by atoms with van der Waals surface area (Å²) in [5.74, 6) is 2.00. The first-order chi connectivity index (χ1) is 13.8. The highest BCUT2D eigenvalue weighted by molar-refractivity contribution is 8.00. The third kappa shape index (κ3) is 4.62. The molecule has 0 saturated carbocycles. The highest BCUT2D eigenvalue weighted by atomic mass is 32.2. The minimum absolute atomic E-state index is 0.189. The molecule has 0 bridgehead atoms. The van der Waals surface area contributed by atoms with Crippen LogP contribution in [0.25, 0.3) is 10.9 Å². The Bertz CT molecular complexity index is 943. The Morgan fingerprint density at radius 3 is 2.54 bits per heavy atom. The number of piperidine rings is 1. The van der Waals surface area contributed by atoms with Gasteiger partial charge >= 0.3 is 0 Å². The molecule has 0 atom stereocenters. The van der Waals surface area contributed by atoms with Crippen molar-refractivity contribution < 1.29 is 9.53 Å². The number of ether oxygens (including phenoxy) is 1. The van der Waals surface area contributed by atoms with Crippen LogP contribution in [0.15, 0.2) is 59.6 Å². The second kappa shape index (κ2) is 9.06. The highest BCUT2D eigenvalue weighted by Crippen LogP contribution is 2.26. The monoisotopic (exact) mass is 393 g/mol. The number of amides is 1. The Kier molecular flexibility index (Phi) is 6.07. The third-order valence-electron chi connectivity index (χ3n) is 4.77. The predicted molar refractivity (Wildman–Crippen MR) is 111 cm³/mol. The molecule has 1 amide bonds. The Balaban J connectivity index is 1.50. The van der Waals surface area contributed by atoms with Gasteiger partial charge in [-0.15, -0.1) is 0 Å². The highest BCUT2D eigenvalue weighted by Gasteiger charge is 2.18. The Morgan fingerprint density at radius 1 is 0.964 bits per heavy atom. The van der Waals surface area contributed by atoms with Crippen LogP contribution in [0.2, 0.25) is 0 Å². The number of nitrogens with zero attached hydrogens (tertiary/aromatic N) is 3. The maximum absolute atomic E-state index is 12.5. The van der Waals surface area contributed by atoms with Crippen LogP contribution in [0.3, 0.4) is 0 Å². The summed E-state index contributed by atoms with van der Waals surface area (Å²) in [5, 5.41) is 1.81. The Labute approximate surface area is 169 Å². The molecule has 144 valence electrons. The molecular weight excluding hydrogens is 370 g/mol. The quantitative estimate of drug-likeness (QED) is 0.461. The van der Waals surface area contributed by atoms with Crippen LogP contribution in [0.1, 0.15) is 25.1 Å². The SMILES string of the molecule is O=C(CSc1nc(COc2ccccc2)nc2ccccc12)N1CCCCC1. The van der Waals surface area contributed by atoms with E-state index in [-0.39, 0.29) is 5.91 Å². The predicted octanol–water partition coefficient (Wildman–Crippen LogP) is 4.31. The molecule has 3 aromatic rings. The van der Waals surface area contributed by atoms with Gasteiger partial charge in [-0.05, 0) is 37.5 Å². The molecule has 1 aliphatic rings. The van der Waals surface area contributed by atoms with Gasteiger partial charge in [-0.25, -0.2) is 9.97 Å². The zero-order chi connectivity index (χ0) is 19.2. The van der Waals surface area contributed by atoms with E-state index in [1.165, 1.54) is 18.2 Å². The number of hydrogen-bond donors (Lipinski definition) is 0. The first-order valence-electron chi connectivity index (χ1n) is 9.64. The average Bonchev–Trinajstić information content (AvgIpc) is 2.77. The molecule has 28 heavy (non-hydrogen) atoms. The minimum Gasteiger partial charge on any atom is -0.486 e. The van der Waals surface area contributed by atoms with Gasteiger partial charge in [0.1, 0.15) is 17.4 Å². The smallest absolute Gasteiger partial charge is 0.232 e. The van der Waals surface area contributed by atoms with Gasteiger partial charge in [0.2, 0.25) is 5.91 Å². The summed E-state index contributed by atoms with van der Waals surface area (Å²) in [5.41, 5.74) is 0.872. The lowest BCUT2D eigenvalue weighted by atomic mass is 10.1. The van der Waals surface area contributed by atoms with Crippen molar-refractivity contribution in [3.05, 3.63) is 60.4 Å². The Hall–Kier alpha value is -2.60. The molecule has 0 spiro atoms. The molecular formula is C22H23N3O2S. The van der Waals surface area contributed by atoms with E-state index in [2.05, 4.69) is 9.97 Å². The number of hydrogen-bond acceptors (Lipinski definition) is 5. The lowest BCUT2D eigenvalue weighted by molar-refractivity contribution is -0.129. The number of carbonyl (C=O) groups is 1. The first kappa shape index (κ1) is 18.7. The number of aromatic nitrogens is 2. The first-order valence-corrected chi connectivity index (χ1v) is 10.6. The van der Waals surface area contributed by atoms with Gasteiger partial charge in [0, 0.05) is 18.5 Å². The largest absolute Gasteiger partial charge is 0.486 e. The van der Waals surface area contributed by atoms with Crippen LogP contribution in [0, 0.1) is 0 Å². The van der Waals surface area contributed by atoms with E-state index < -0.39 is 0 Å². The molecule has 1 aliphatic heterocycles. The van der Waals surface area contributed by atoms with Crippen molar-refractivity contribution >= 4 is 28.6 Å². The lowest BCUT2D eigenvalue weighted by Crippen LogP contribution is -2.36. The number of rotatable bonds is 6. The number of thioether (sulfide) groups is 1. The summed E-state index contributed by atoms with van der Waals surface area (Å²) in [6, 6.07) is 17.6. The molecule has 1 aromatic heterocycles. The standard InChI is InChI=1S/C22H23N3O2S/c26-21(25-13-7-2-8-14-25)16-28-22-18-11-5-6-12-19(18)23-20(24-22)15-27-17-9-3-1-4-10-17/h1,3-6,9-12H,2,7-8,13-16H2. The van der Waals surface area contributed by atoms with Crippen molar-refractivity contribution in [3.8, 4) is 5.75 Å². The molecule has 2 heterocycles. The summed E-state index contributed by atoms with van der Waals surface area (Å²) in [4.78, 5) is 23.8. The molecule has 0 radical (unpaired) electrons. The van der Waals surface area contributed by atoms with Crippen molar-refractivity contribution in [2.24, 2.45) is 0 Å². The van der Waals surface area contributed by atoms with Crippen molar-refractivity contribution in [3.63, 3.8) is 0 Å². The van der Waals surface area contributed by atoms with E-state index in [9.17, 15) is 4.79 Å². The zero-order valence-electron chi connectivity index (χ0n) is 15.7. The molecule has 0 N–H and O–H groups in total. The van der Waals surface area contributed by atoms with Crippen molar-refractivity contribution in [1.82, 2.24) is 14.9 Å². The second-order valence-electron chi connectivity index (χ2n) is 6.79. The van der Waals surface area contributed by atoms with E-state index in [1.807, 2.05) is 59.5 Å². The van der Waals surface area contributed by atoms with E-state index >= 15 is 0 Å².